The van der Waals surface area contributed by atoms with Crippen molar-refractivity contribution >= 4 is 46.0 Å². The van der Waals surface area contributed by atoms with Crippen molar-refractivity contribution in [1.82, 2.24) is 4.98 Å². The van der Waals surface area contributed by atoms with Crippen molar-refractivity contribution in [3.63, 3.8) is 0 Å². The van der Waals surface area contributed by atoms with Gasteiger partial charge >= 0.3 is 0 Å². The van der Waals surface area contributed by atoms with Crippen LogP contribution in [-0.2, 0) is 6.42 Å². The van der Waals surface area contributed by atoms with Crippen LogP contribution in [0.4, 0.5) is 5.69 Å². The number of nitrogens with zero attached hydrogens (tertiary/aromatic N) is 1. The number of thioether (sulfide) groups is 1. The Morgan fingerprint density at radius 1 is 1.50 bits per heavy atom. The summed E-state index contributed by atoms with van der Waals surface area (Å²) in [5.74, 6) is 0. The summed E-state index contributed by atoms with van der Waals surface area (Å²) in [6.45, 7) is 2.83. The normalized spacial score (nSPS) is 10.5. The van der Waals surface area contributed by atoms with Gasteiger partial charge in [-0.15, -0.1) is 23.1 Å². The van der Waals surface area contributed by atoms with Crippen molar-refractivity contribution in [2.75, 3.05) is 18.1 Å². The van der Waals surface area contributed by atoms with Crippen LogP contribution in [0.25, 0.3) is 0 Å². The lowest BCUT2D eigenvalue weighted by Gasteiger charge is -2.13. The van der Waals surface area contributed by atoms with E-state index in [4.69, 9.17) is 18.0 Å². The number of thiazole rings is 1. The molecule has 0 aliphatic carbocycles. The van der Waals surface area contributed by atoms with Gasteiger partial charge in [0.15, 0.2) is 0 Å². The Balaban J connectivity index is 2.07. The molecule has 0 bridgehead atoms. The quantitative estimate of drug-likeness (QED) is 0.630. The number of benzene rings is 1. The fourth-order valence-corrected chi connectivity index (χ4v) is 3.62. The number of rotatable bonds is 6. The van der Waals surface area contributed by atoms with E-state index in [0.717, 1.165) is 39.8 Å². The Labute approximate surface area is 133 Å². The van der Waals surface area contributed by atoms with E-state index in [1.165, 1.54) is 0 Å². The topological polar surface area (TPSA) is 50.9 Å². The van der Waals surface area contributed by atoms with E-state index in [2.05, 4.69) is 15.7 Å². The minimum atomic E-state index is 0.433. The fourth-order valence-electron chi connectivity index (χ4n) is 1.92. The molecule has 2 rings (SSSR count). The third-order valence-electron chi connectivity index (χ3n) is 2.81. The summed E-state index contributed by atoms with van der Waals surface area (Å²) in [5, 5.41) is 6.63. The van der Waals surface area contributed by atoms with E-state index < -0.39 is 0 Å². The number of aromatic nitrogens is 1. The average Bonchev–Trinajstić information content (AvgIpc) is 2.83. The van der Waals surface area contributed by atoms with Crippen molar-refractivity contribution < 1.29 is 0 Å². The van der Waals surface area contributed by atoms with E-state index >= 15 is 0 Å². The molecule has 6 heteroatoms. The van der Waals surface area contributed by atoms with Crippen LogP contribution in [0.1, 0.15) is 16.3 Å². The molecule has 0 atom stereocenters. The molecule has 1 aromatic carbocycles. The summed E-state index contributed by atoms with van der Waals surface area (Å²) in [6.07, 6.45) is 2.93. The van der Waals surface area contributed by atoms with Gasteiger partial charge in [-0.1, -0.05) is 18.3 Å². The summed E-state index contributed by atoms with van der Waals surface area (Å²) in [6, 6.07) is 6.07. The highest BCUT2D eigenvalue weighted by Gasteiger charge is 2.10. The predicted molar refractivity (Wildman–Crippen MR) is 93.2 cm³/mol. The van der Waals surface area contributed by atoms with E-state index in [0.29, 0.717) is 4.99 Å². The second-order valence-corrected chi connectivity index (χ2v) is 6.54. The van der Waals surface area contributed by atoms with Crippen molar-refractivity contribution in [2.45, 2.75) is 18.2 Å². The summed E-state index contributed by atoms with van der Waals surface area (Å²) < 4.78 is 0. The predicted octanol–water partition coefficient (Wildman–Crippen LogP) is 3.46. The summed E-state index contributed by atoms with van der Waals surface area (Å²) in [7, 11) is 0. The summed E-state index contributed by atoms with van der Waals surface area (Å²) in [4.78, 5) is 5.99. The van der Waals surface area contributed by atoms with Crippen molar-refractivity contribution in [3.8, 4) is 0 Å². The van der Waals surface area contributed by atoms with Crippen molar-refractivity contribution in [1.29, 1.82) is 0 Å². The summed E-state index contributed by atoms with van der Waals surface area (Å²) >= 11 is 8.52. The molecule has 0 saturated carbocycles. The van der Waals surface area contributed by atoms with Gasteiger partial charge in [-0.2, -0.15) is 0 Å². The molecule has 3 nitrogen and oxygen atoms in total. The monoisotopic (exact) mass is 323 g/mol. The maximum Gasteiger partial charge on any atom is 0.107 e. The SMILES string of the molecule is CSc1cccc(NCCc2nc(C)cs2)c1C(N)=S. The van der Waals surface area contributed by atoms with Crippen LogP contribution in [0.3, 0.4) is 0 Å². The molecule has 0 aliphatic rings. The molecule has 20 heavy (non-hydrogen) atoms. The second kappa shape index (κ2) is 7.06. The lowest BCUT2D eigenvalue weighted by Crippen LogP contribution is -2.15. The van der Waals surface area contributed by atoms with E-state index in [1.54, 1.807) is 23.1 Å². The molecular weight excluding hydrogens is 306 g/mol. The Morgan fingerprint density at radius 2 is 2.30 bits per heavy atom. The average molecular weight is 324 g/mol. The minimum absolute atomic E-state index is 0.433. The van der Waals surface area contributed by atoms with Gasteiger partial charge in [0, 0.05) is 40.2 Å². The highest BCUT2D eigenvalue weighted by molar-refractivity contribution is 7.98. The van der Waals surface area contributed by atoms with Crippen LogP contribution in [-0.4, -0.2) is 22.8 Å². The standard InChI is InChI=1S/C14H17N3S3/c1-9-8-20-12(17-9)6-7-16-10-4-3-5-11(19-2)13(10)14(15)18/h3-5,8,16H,6-7H2,1-2H3,(H2,15,18). The van der Waals surface area contributed by atoms with Crippen LogP contribution in [0, 0.1) is 6.92 Å². The first-order chi connectivity index (χ1) is 9.61. The minimum Gasteiger partial charge on any atom is -0.389 e. The lowest BCUT2D eigenvalue weighted by atomic mass is 10.1. The smallest absolute Gasteiger partial charge is 0.107 e. The third kappa shape index (κ3) is 3.71. The molecule has 1 heterocycles. The van der Waals surface area contributed by atoms with Crippen molar-refractivity contribution in [3.05, 3.63) is 39.8 Å². The largest absolute Gasteiger partial charge is 0.389 e. The van der Waals surface area contributed by atoms with Crippen LogP contribution < -0.4 is 11.1 Å². The number of nitrogens with one attached hydrogen (secondary N) is 1. The zero-order chi connectivity index (χ0) is 14.5. The first-order valence-corrected chi connectivity index (χ1v) is 8.74. The molecule has 0 fully saturated rings. The maximum absolute atomic E-state index is 5.84. The van der Waals surface area contributed by atoms with Gasteiger partial charge in [0.05, 0.1) is 5.01 Å². The summed E-state index contributed by atoms with van der Waals surface area (Å²) in [5.41, 5.74) is 8.86. The molecule has 0 unspecified atom stereocenters. The number of aryl methyl sites for hydroxylation is 1. The number of anilines is 1. The Hall–Kier alpha value is -1.11. The van der Waals surface area contributed by atoms with Gasteiger partial charge < -0.3 is 11.1 Å². The van der Waals surface area contributed by atoms with Crippen LogP contribution >= 0.6 is 35.3 Å². The Kier molecular flexibility index (Phi) is 5.39. The molecule has 0 amide bonds. The van der Waals surface area contributed by atoms with Gasteiger partial charge in [-0.3, -0.25) is 0 Å². The zero-order valence-electron chi connectivity index (χ0n) is 11.5. The van der Waals surface area contributed by atoms with Crippen molar-refractivity contribution in [2.24, 2.45) is 5.73 Å². The molecule has 106 valence electrons. The molecule has 0 spiro atoms. The lowest BCUT2D eigenvalue weighted by molar-refractivity contribution is 0.985. The van der Waals surface area contributed by atoms with Gasteiger partial charge in [0.1, 0.15) is 4.99 Å². The zero-order valence-corrected chi connectivity index (χ0v) is 13.9. The maximum atomic E-state index is 5.84. The number of hydrogen-bond donors (Lipinski definition) is 2. The first kappa shape index (κ1) is 15.3. The fraction of sp³-hybridized carbons (Fsp3) is 0.286. The van der Waals surface area contributed by atoms with E-state index in [9.17, 15) is 0 Å². The molecule has 0 saturated heterocycles. The third-order valence-corrected chi connectivity index (χ3v) is 4.82. The first-order valence-electron chi connectivity index (χ1n) is 6.23. The molecular formula is C14H17N3S3. The molecule has 3 N–H and O–H groups in total. The van der Waals surface area contributed by atoms with Gasteiger partial charge in [0.2, 0.25) is 0 Å². The van der Waals surface area contributed by atoms with Crippen LogP contribution in [0.5, 0.6) is 0 Å². The molecule has 0 aliphatic heterocycles. The Morgan fingerprint density at radius 3 is 2.90 bits per heavy atom. The van der Waals surface area contributed by atoms with Gasteiger partial charge in [-0.25, -0.2) is 4.98 Å². The second-order valence-electron chi connectivity index (χ2n) is 4.31. The van der Waals surface area contributed by atoms with E-state index in [1.807, 2.05) is 31.4 Å². The molecule has 0 radical (unpaired) electrons. The van der Waals surface area contributed by atoms with Crippen LogP contribution in [0.2, 0.25) is 0 Å². The molecule has 2 aromatic rings. The number of thiocarbonyl (C=S) groups is 1. The van der Waals surface area contributed by atoms with Gasteiger partial charge in [-0.05, 0) is 25.3 Å². The highest BCUT2D eigenvalue weighted by atomic mass is 32.2. The number of nitrogens with two attached hydrogens (primary N) is 1. The Bertz CT molecular complexity index is 607. The van der Waals surface area contributed by atoms with Crippen LogP contribution in [0.15, 0.2) is 28.5 Å². The number of hydrogen-bond acceptors (Lipinski definition) is 5. The van der Waals surface area contributed by atoms with E-state index in [-0.39, 0.29) is 0 Å². The van der Waals surface area contributed by atoms with Gasteiger partial charge in [0.25, 0.3) is 0 Å². The molecule has 1 aromatic heterocycles. The highest BCUT2D eigenvalue weighted by Crippen LogP contribution is 2.27.